The van der Waals surface area contributed by atoms with Crippen LogP contribution in [0.5, 0.6) is 0 Å². The van der Waals surface area contributed by atoms with Crippen molar-refractivity contribution in [2.24, 2.45) is 7.05 Å². The minimum absolute atomic E-state index is 0.107. The molecule has 7 nitrogen and oxygen atoms in total. The van der Waals surface area contributed by atoms with Crippen molar-refractivity contribution in [1.29, 1.82) is 0 Å². The number of halogens is 1. The highest BCUT2D eigenvalue weighted by Crippen LogP contribution is 2.15. The van der Waals surface area contributed by atoms with Crippen LogP contribution in [-0.2, 0) is 23.2 Å². The molecule has 1 aromatic carbocycles. The van der Waals surface area contributed by atoms with Gasteiger partial charge in [0.1, 0.15) is 29.9 Å². The summed E-state index contributed by atoms with van der Waals surface area (Å²) in [6.07, 6.45) is 22.6. The van der Waals surface area contributed by atoms with E-state index in [4.69, 9.17) is 16.3 Å². The summed E-state index contributed by atoms with van der Waals surface area (Å²) in [7, 11) is 1.77. The Labute approximate surface area is 245 Å². The second-order valence-corrected chi connectivity index (χ2v) is 9.81. The second-order valence-electron chi connectivity index (χ2n) is 9.33. The fourth-order valence-corrected chi connectivity index (χ4v) is 3.90. The van der Waals surface area contributed by atoms with Gasteiger partial charge >= 0.3 is 5.97 Å². The monoisotopic (exact) mass is 571 g/mol. The van der Waals surface area contributed by atoms with Crippen LogP contribution in [0.15, 0.2) is 126 Å². The molecule has 0 bridgehead atoms. The Hall–Kier alpha value is -4.62. The Morgan fingerprint density at radius 2 is 1.95 bits per heavy atom. The van der Waals surface area contributed by atoms with Crippen LogP contribution in [0, 0.1) is 0 Å². The molecule has 2 aromatic rings. The molecule has 1 heterocycles. The quantitative estimate of drug-likeness (QED) is 0.204. The molecule has 0 spiro atoms. The first kappa shape index (κ1) is 30.9. The summed E-state index contributed by atoms with van der Waals surface area (Å²) >= 11 is 6.04. The number of allylic oxidation sites excluding steroid dienone is 12. The molecular formula is C33H34ClN3O4. The number of benzene rings is 1. The average Bonchev–Trinajstić information content (AvgIpc) is 3.20. The second kappa shape index (κ2) is 15.8. The standard InChI is InChI=1S/C33H34ClN3O4/c1-4-28(41-23-26-12-6-5-7-13-26)20-17-24(2)21-29(33(39)40)36-32(38)30-22-37(3)31(35-30)16-9-8-11-25-14-10-15-27(34)19-18-25/h4-14,16-20,22,29H,1,15,21,23H2,2-3H3,(H,36,38)(H,39,40)/b11-8+,16-9-,24-17+,28-20+. The van der Waals surface area contributed by atoms with E-state index in [0.29, 0.717) is 24.6 Å². The van der Waals surface area contributed by atoms with E-state index in [9.17, 15) is 14.7 Å². The zero-order chi connectivity index (χ0) is 29.6. The number of carboxylic acids is 1. The highest BCUT2D eigenvalue weighted by molar-refractivity contribution is 6.29. The number of aryl methyl sites for hydroxylation is 1. The van der Waals surface area contributed by atoms with Gasteiger partial charge in [0.25, 0.3) is 5.91 Å². The number of nitrogens with one attached hydrogen (secondary N) is 1. The van der Waals surface area contributed by atoms with E-state index in [1.54, 1.807) is 49.0 Å². The number of carboxylic acid groups (broad SMARTS) is 1. The highest BCUT2D eigenvalue weighted by Gasteiger charge is 2.22. The van der Waals surface area contributed by atoms with Gasteiger partial charge in [0, 0.05) is 24.7 Å². The van der Waals surface area contributed by atoms with Gasteiger partial charge in [-0.25, -0.2) is 9.78 Å². The van der Waals surface area contributed by atoms with E-state index in [0.717, 1.165) is 21.7 Å². The van der Waals surface area contributed by atoms with Crippen molar-refractivity contribution in [3.05, 3.63) is 143 Å². The number of aromatic nitrogens is 2. The molecule has 0 saturated carbocycles. The Balaban J connectivity index is 1.59. The van der Waals surface area contributed by atoms with Gasteiger partial charge < -0.3 is 19.7 Å². The minimum Gasteiger partial charge on any atom is -0.489 e. The Morgan fingerprint density at radius 3 is 2.68 bits per heavy atom. The van der Waals surface area contributed by atoms with Gasteiger partial charge in [-0.2, -0.15) is 0 Å². The molecule has 1 atom stereocenters. The molecule has 0 fully saturated rings. The summed E-state index contributed by atoms with van der Waals surface area (Å²) < 4.78 is 7.47. The Bertz CT molecular complexity index is 1460. The summed E-state index contributed by atoms with van der Waals surface area (Å²) in [4.78, 5) is 29.1. The lowest BCUT2D eigenvalue weighted by Crippen LogP contribution is -2.41. The molecule has 41 heavy (non-hydrogen) atoms. The highest BCUT2D eigenvalue weighted by atomic mass is 35.5. The van der Waals surface area contributed by atoms with E-state index >= 15 is 0 Å². The van der Waals surface area contributed by atoms with Gasteiger partial charge in [-0.1, -0.05) is 96.6 Å². The van der Waals surface area contributed by atoms with Crippen molar-refractivity contribution in [1.82, 2.24) is 14.9 Å². The molecule has 0 saturated heterocycles. The fraction of sp³-hybridized carbons (Fsp3) is 0.182. The molecule has 0 radical (unpaired) electrons. The van der Waals surface area contributed by atoms with Crippen molar-refractivity contribution >= 4 is 29.6 Å². The number of carbonyl (C=O) groups excluding carboxylic acids is 1. The normalized spacial score (nSPS) is 14.9. The number of hydrogen-bond donors (Lipinski definition) is 2. The molecule has 1 unspecified atom stereocenters. The van der Waals surface area contributed by atoms with Gasteiger partial charge in [-0.15, -0.1) is 0 Å². The van der Waals surface area contributed by atoms with E-state index in [1.165, 1.54) is 0 Å². The summed E-state index contributed by atoms with van der Waals surface area (Å²) in [6.45, 7) is 5.95. The largest absolute Gasteiger partial charge is 0.489 e. The van der Waals surface area contributed by atoms with Gasteiger partial charge in [0.05, 0.1) is 0 Å². The van der Waals surface area contributed by atoms with Gasteiger partial charge in [0.2, 0.25) is 0 Å². The molecule has 2 N–H and O–H groups in total. The van der Waals surface area contributed by atoms with Crippen LogP contribution < -0.4 is 5.32 Å². The maximum absolute atomic E-state index is 12.9. The number of carbonyl (C=O) groups is 2. The Morgan fingerprint density at radius 1 is 1.20 bits per heavy atom. The number of hydrogen-bond acceptors (Lipinski definition) is 4. The molecular weight excluding hydrogens is 538 g/mol. The van der Waals surface area contributed by atoms with Crippen LogP contribution in [-0.4, -0.2) is 32.6 Å². The van der Waals surface area contributed by atoms with E-state index in [-0.39, 0.29) is 12.1 Å². The molecule has 1 aromatic heterocycles. The van der Waals surface area contributed by atoms with E-state index in [2.05, 4.69) is 16.9 Å². The van der Waals surface area contributed by atoms with Crippen molar-refractivity contribution in [2.45, 2.75) is 32.4 Å². The van der Waals surface area contributed by atoms with Gasteiger partial charge in [-0.3, -0.25) is 4.79 Å². The zero-order valence-corrected chi connectivity index (χ0v) is 23.9. The summed E-state index contributed by atoms with van der Waals surface area (Å²) in [6, 6.07) is 8.60. The summed E-state index contributed by atoms with van der Waals surface area (Å²) in [5.74, 6) is -0.606. The summed E-state index contributed by atoms with van der Waals surface area (Å²) in [5.41, 5.74) is 2.90. The van der Waals surface area contributed by atoms with Crippen LogP contribution in [0.4, 0.5) is 0 Å². The number of imidazole rings is 1. The maximum atomic E-state index is 12.9. The van der Waals surface area contributed by atoms with E-state index in [1.807, 2.05) is 72.9 Å². The third-order valence-corrected chi connectivity index (χ3v) is 6.26. The van der Waals surface area contributed by atoms with E-state index < -0.39 is 17.9 Å². The number of aliphatic carboxylic acids is 1. The van der Waals surface area contributed by atoms with Crippen LogP contribution in [0.25, 0.3) is 6.08 Å². The molecule has 212 valence electrons. The lowest BCUT2D eigenvalue weighted by atomic mass is 10.1. The molecule has 3 rings (SSSR count). The zero-order valence-electron chi connectivity index (χ0n) is 23.2. The topological polar surface area (TPSA) is 93.5 Å². The predicted molar refractivity (Wildman–Crippen MR) is 164 cm³/mol. The minimum atomic E-state index is -1.14. The van der Waals surface area contributed by atoms with Gasteiger partial charge in [0.15, 0.2) is 0 Å². The number of amides is 1. The first-order valence-electron chi connectivity index (χ1n) is 13.1. The first-order chi connectivity index (χ1) is 19.7. The van der Waals surface area contributed by atoms with Crippen molar-refractivity contribution < 1.29 is 19.4 Å². The Kier molecular flexibility index (Phi) is 11.9. The van der Waals surface area contributed by atoms with Crippen molar-refractivity contribution in [2.75, 3.05) is 0 Å². The molecule has 1 aliphatic rings. The average molecular weight is 572 g/mol. The maximum Gasteiger partial charge on any atom is 0.326 e. The lowest BCUT2D eigenvalue weighted by Gasteiger charge is -2.14. The third-order valence-electron chi connectivity index (χ3n) is 5.98. The lowest BCUT2D eigenvalue weighted by molar-refractivity contribution is -0.139. The molecule has 8 heteroatoms. The van der Waals surface area contributed by atoms with Crippen LogP contribution in [0.1, 0.15) is 41.6 Å². The van der Waals surface area contributed by atoms with Crippen LogP contribution in [0.3, 0.4) is 0 Å². The number of rotatable bonds is 13. The van der Waals surface area contributed by atoms with Gasteiger partial charge in [-0.05, 0) is 48.8 Å². The van der Waals surface area contributed by atoms with Crippen LogP contribution in [0.2, 0.25) is 0 Å². The fourth-order valence-electron chi connectivity index (χ4n) is 3.74. The predicted octanol–water partition coefficient (Wildman–Crippen LogP) is 6.80. The van der Waals surface area contributed by atoms with Crippen molar-refractivity contribution in [3.63, 3.8) is 0 Å². The number of ether oxygens (including phenoxy) is 1. The number of nitrogens with zero attached hydrogens (tertiary/aromatic N) is 2. The third kappa shape index (κ3) is 10.5. The van der Waals surface area contributed by atoms with Crippen molar-refractivity contribution in [3.8, 4) is 0 Å². The molecule has 1 amide bonds. The SMILES string of the molecule is C=C/C(=C\C=C(/C)CC(NC(=O)c1cn(C)c(/C=C\C=C\C2=CC=C(Cl)CC=C2)n1)C(=O)O)OCc1ccccc1. The first-order valence-corrected chi connectivity index (χ1v) is 13.4. The smallest absolute Gasteiger partial charge is 0.326 e. The molecule has 0 aliphatic heterocycles. The molecule has 1 aliphatic carbocycles. The summed E-state index contributed by atoms with van der Waals surface area (Å²) in [5, 5.41) is 13.1. The van der Waals surface area contributed by atoms with Crippen LogP contribution >= 0.6 is 11.6 Å².